The van der Waals surface area contributed by atoms with Crippen LogP contribution in [0, 0.1) is 5.82 Å². The van der Waals surface area contributed by atoms with Crippen LogP contribution in [0.1, 0.15) is 28.8 Å². The van der Waals surface area contributed by atoms with Gasteiger partial charge < -0.3 is 15.4 Å². The minimum Gasteiger partial charge on any atom is -0.494 e. The first-order valence-corrected chi connectivity index (χ1v) is 11.8. The molecule has 3 aromatic carbocycles. The zero-order valence-corrected chi connectivity index (χ0v) is 18.4. The van der Waals surface area contributed by atoms with Gasteiger partial charge in [0.15, 0.2) is 5.84 Å². The Hall–Kier alpha value is -3.72. The number of rotatable bonds is 8. The maximum Gasteiger partial charge on any atom is 0.285 e. The van der Waals surface area contributed by atoms with E-state index in [1.807, 2.05) is 0 Å². The molecule has 4 rings (SSSR count). The van der Waals surface area contributed by atoms with Gasteiger partial charge in [-0.15, -0.1) is 4.40 Å². The molecule has 7 nitrogen and oxygen atoms in total. The molecule has 0 saturated heterocycles. The molecule has 0 saturated carbocycles. The van der Waals surface area contributed by atoms with Gasteiger partial charge in [0.25, 0.3) is 15.9 Å². The van der Waals surface area contributed by atoms with Crippen molar-refractivity contribution in [3.63, 3.8) is 0 Å². The van der Waals surface area contributed by atoms with Crippen LogP contribution >= 0.6 is 0 Å². The first-order valence-electron chi connectivity index (χ1n) is 10.4. The Labute approximate surface area is 191 Å². The number of unbranched alkanes of at least 4 members (excludes halogenated alkanes) is 1. The normalized spacial score (nSPS) is 13.7. The Kier molecular flexibility index (Phi) is 6.69. The van der Waals surface area contributed by atoms with Crippen LogP contribution in [0.4, 0.5) is 10.1 Å². The number of benzene rings is 3. The van der Waals surface area contributed by atoms with Gasteiger partial charge in [-0.3, -0.25) is 4.79 Å². The fourth-order valence-electron chi connectivity index (χ4n) is 3.29. The van der Waals surface area contributed by atoms with Crippen molar-refractivity contribution < 1.29 is 22.3 Å². The molecule has 0 spiro atoms. The second-order valence-electron chi connectivity index (χ2n) is 7.38. The van der Waals surface area contributed by atoms with E-state index in [1.165, 1.54) is 18.2 Å². The molecule has 1 amide bonds. The van der Waals surface area contributed by atoms with E-state index >= 15 is 0 Å². The number of halogens is 1. The van der Waals surface area contributed by atoms with Crippen molar-refractivity contribution in [2.75, 3.05) is 18.5 Å². The first-order chi connectivity index (χ1) is 15.9. The van der Waals surface area contributed by atoms with Crippen LogP contribution in [0.15, 0.2) is 82.1 Å². The van der Waals surface area contributed by atoms with Crippen molar-refractivity contribution in [2.45, 2.75) is 17.7 Å². The third-order valence-electron chi connectivity index (χ3n) is 4.98. The summed E-state index contributed by atoms with van der Waals surface area (Å²) >= 11 is 0. The molecule has 9 heteroatoms. The summed E-state index contributed by atoms with van der Waals surface area (Å²) in [6, 6.07) is 19.2. The molecule has 0 aliphatic carbocycles. The third-order valence-corrected chi connectivity index (χ3v) is 6.32. The van der Waals surface area contributed by atoms with Gasteiger partial charge in [0, 0.05) is 23.4 Å². The predicted molar refractivity (Wildman–Crippen MR) is 124 cm³/mol. The number of nitrogens with zero attached hydrogens (tertiary/aromatic N) is 1. The summed E-state index contributed by atoms with van der Waals surface area (Å²) in [5.41, 5.74) is 1.63. The maximum atomic E-state index is 12.9. The average Bonchev–Trinajstić information content (AvgIpc) is 3.07. The average molecular weight is 468 g/mol. The van der Waals surface area contributed by atoms with E-state index in [-0.39, 0.29) is 22.5 Å². The van der Waals surface area contributed by atoms with Crippen molar-refractivity contribution in [2.24, 2.45) is 4.40 Å². The highest BCUT2D eigenvalue weighted by atomic mass is 32.2. The Bertz CT molecular complexity index is 1270. The first kappa shape index (κ1) is 22.5. The summed E-state index contributed by atoms with van der Waals surface area (Å²) in [7, 11) is -3.69. The molecule has 170 valence electrons. The van der Waals surface area contributed by atoms with E-state index in [1.54, 1.807) is 54.6 Å². The van der Waals surface area contributed by atoms with E-state index in [2.05, 4.69) is 15.0 Å². The molecule has 33 heavy (non-hydrogen) atoms. The molecule has 0 atom stereocenters. The number of hydrogen-bond donors (Lipinski definition) is 2. The van der Waals surface area contributed by atoms with Gasteiger partial charge >= 0.3 is 0 Å². The van der Waals surface area contributed by atoms with Gasteiger partial charge in [-0.1, -0.05) is 12.1 Å². The zero-order chi connectivity index (χ0) is 23.3. The number of anilines is 1. The van der Waals surface area contributed by atoms with Crippen molar-refractivity contribution in [3.8, 4) is 5.75 Å². The standard InChI is InChI=1S/C24H22FN3O4S/c25-18-9-13-20(14-10-18)32-16-4-3-15-26-24(29)17-7-11-19(12-8-17)27-23-21-5-1-2-6-22(21)33(30,31)28-23/h1-2,5-14H,3-4,15-16H2,(H,26,29)(H,27,28). The zero-order valence-electron chi connectivity index (χ0n) is 17.6. The van der Waals surface area contributed by atoms with Gasteiger partial charge in [-0.05, 0) is 73.5 Å². The number of carbonyl (C=O) groups is 1. The summed E-state index contributed by atoms with van der Waals surface area (Å²) < 4.78 is 46.5. The molecule has 0 fully saturated rings. The van der Waals surface area contributed by atoms with Crippen LogP contribution in [-0.4, -0.2) is 33.3 Å². The number of ether oxygens (including phenoxy) is 1. The number of sulfonamides is 1. The molecule has 1 aliphatic heterocycles. The van der Waals surface area contributed by atoms with Crippen molar-refractivity contribution >= 4 is 27.5 Å². The lowest BCUT2D eigenvalue weighted by atomic mass is 10.1. The Morgan fingerprint density at radius 1 is 0.939 bits per heavy atom. The lowest BCUT2D eigenvalue weighted by Crippen LogP contribution is -2.24. The number of nitrogens with one attached hydrogen (secondary N) is 2. The van der Waals surface area contributed by atoms with E-state index in [0.29, 0.717) is 35.7 Å². The number of amides is 1. The van der Waals surface area contributed by atoms with Gasteiger partial charge in [-0.2, -0.15) is 8.42 Å². The number of fused-ring (bicyclic) bond motifs is 1. The third kappa shape index (κ3) is 5.56. The molecule has 3 aromatic rings. The maximum absolute atomic E-state index is 12.9. The summed E-state index contributed by atoms with van der Waals surface area (Å²) in [6.45, 7) is 0.974. The van der Waals surface area contributed by atoms with Crippen LogP contribution in [0.25, 0.3) is 0 Å². The number of hydrogen-bond acceptors (Lipinski definition) is 5. The minimum absolute atomic E-state index is 0.173. The molecule has 1 aliphatic rings. The molecule has 0 aromatic heterocycles. The Balaban J connectivity index is 1.23. The van der Waals surface area contributed by atoms with Gasteiger partial charge in [0.1, 0.15) is 16.5 Å². The number of amidine groups is 1. The second kappa shape index (κ2) is 9.83. The van der Waals surface area contributed by atoms with Crippen molar-refractivity contribution in [3.05, 3.63) is 89.7 Å². The highest BCUT2D eigenvalue weighted by molar-refractivity contribution is 7.90. The molecular weight excluding hydrogens is 445 g/mol. The summed E-state index contributed by atoms with van der Waals surface area (Å²) in [5.74, 6) is 0.357. The molecule has 1 heterocycles. The quantitative estimate of drug-likeness (QED) is 0.489. The number of carbonyl (C=O) groups excluding carboxylic acids is 1. The van der Waals surface area contributed by atoms with Crippen LogP contribution in [-0.2, 0) is 10.0 Å². The summed E-state index contributed by atoms with van der Waals surface area (Å²) in [4.78, 5) is 12.5. The van der Waals surface area contributed by atoms with Crippen molar-refractivity contribution in [1.29, 1.82) is 0 Å². The topological polar surface area (TPSA) is 96.9 Å². The molecule has 0 radical (unpaired) electrons. The van der Waals surface area contributed by atoms with Crippen LogP contribution in [0.3, 0.4) is 0 Å². The van der Waals surface area contributed by atoms with Crippen LogP contribution in [0.2, 0.25) is 0 Å². The van der Waals surface area contributed by atoms with Gasteiger partial charge in [0.05, 0.1) is 6.61 Å². The van der Waals surface area contributed by atoms with Gasteiger partial charge in [0.2, 0.25) is 0 Å². The lowest BCUT2D eigenvalue weighted by molar-refractivity contribution is 0.0952. The van der Waals surface area contributed by atoms with E-state index in [0.717, 1.165) is 12.8 Å². The molecule has 2 N–H and O–H groups in total. The van der Waals surface area contributed by atoms with E-state index in [4.69, 9.17) is 4.74 Å². The highest BCUT2D eigenvalue weighted by Gasteiger charge is 2.28. The smallest absolute Gasteiger partial charge is 0.285 e. The molecule has 0 bridgehead atoms. The fraction of sp³-hybridized carbons (Fsp3) is 0.167. The Morgan fingerprint density at radius 3 is 2.42 bits per heavy atom. The lowest BCUT2D eigenvalue weighted by Gasteiger charge is -2.09. The Morgan fingerprint density at radius 2 is 1.67 bits per heavy atom. The summed E-state index contributed by atoms with van der Waals surface area (Å²) in [5, 5.41) is 5.86. The molecule has 0 unspecified atom stereocenters. The SMILES string of the molecule is O=C(NCCCCOc1ccc(F)cc1)c1ccc(NC2=NS(=O)(=O)c3ccccc32)cc1. The fourth-order valence-corrected chi connectivity index (χ4v) is 4.47. The van der Waals surface area contributed by atoms with E-state index < -0.39 is 10.0 Å². The monoisotopic (exact) mass is 467 g/mol. The summed E-state index contributed by atoms with van der Waals surface area (Å²) in [6.07, 6.45) is 1.48. The largest absolute Gasteiger partial charge is 0.494 e. The van der Waals surface area contributed by atoms with Crippen molar-refractivity contribution in [1.82, 2.24) is 5.32 Å². The van der Waals surface area contributed by atoms with Crippen LogP contribution in [0.5, 0.6) is 5.75 Å². The molecular formula is C24H22FN3O4S. The minimum atomic E-state index is -3.69. The van der Waals surface area contributed by atoms with Crippen LogP contribution < -0.4 is 15.4 Å². The highest BCUT2D eigenvalue weighted by Crippen LogP contribution is 2.26. The van der Waals surface area contributed by atoms with Gasteiger partial charge in [-0.25, -0.2) is 4.39 Å². The van der Waals surface area contributed by atoms with E-state index in [9.17, 15) is 17.6 Å². The second-order valence-corrected chi connectivity index (χ2v) is 8.95. The predicted octanol–water partition coefficient (Wildman–Crippen LogP) is 3.98.